The standard InChI is InChI=1S/C18H26ClN3O2/c19-14-17(24)20-10-12-22(13-11-20)18(15-4-2-1-3-5-15)21-8-6-16(23)7-9-21/h1-5,16,18,23H,6-14H2. The van der Waals surface area contributed by atoms with Gasteiger partial charge < -0.3 is 10.0 Å². The van der Waals surface area contributed by atoms with Crippen LogP contribution in [0.4, 0.5) is 0 Å². The van der Waals surface area contributed by atoms with Gasteiger partial charge in [0.05, 0.1) is 12.3 Å². The number of rotatable bonds is 4. The molecule has 0 radical (unpaired) electrons. The second-order valence-electron chi connectivity index (χ2n) is 6.60. The van der Waals surface area contributed by atoms with Crippen molar-refractivity contribution in [2.24, 2.45) is 0 Å². The Hall–Kier alpha value is -1.14. The zero-order valence-corrected chi connectivity index (χ0v) is 14.7. The van der Waals surface area contributed by atoms with E-state index in [1.165, 1.54) is 5.56 Å². The predicted octanol–water partition coefficient (Wildman–Crippen LogP) is 1.52. The number of likely N-dealkylation sites (tertiary alicyclic amines) is 1. The third-order valence-electron chi connectivity index (χ3n) is 5.07. The Morgan fingerprint density at radius 3 is 2.21 bits per heavy atom. The molecule has 0 spiro atoms. The lowest BCUT2D eigenvalue weighted by Gasteiger charge is -2.45. The van der Waals surface area contributed by atoms with E-state index in [0.717, 1.165) is 52.1 Å². The lowest BCUT2D eigenvalue weighted by atomic mass is 10.0. The van der Waals surface area contributed by atoms with Gasteiger partial charge in [0.1, 0.15) is 5.88 Å². The summed E-state index contributed by atoms with van der Waals surface area (Å²) in [7, 11) is 0. The van der Waals surface area contributed by atoms with Crippen molar-refractivity contribution < 1.29 is 9.90 Å². The molecular weight excluding hydrogens is 326 g/mol. The summed E-state index contributed by atoms with van der Waals surface area (Å²) in [6, 6.07) is 10.5. The molecule has 0 aromatic heterocycles. The van der Waals surface area contributed by atoms with Crippen LogP contribution in [-0.2, 0) is 4.79 Å². The van der Waals surface area contributed by atoms with Crippen molar-refractivity contribution in [1.82, 2.24) is 14.7 Å². The first-order valence-electron chi connectivity index (χ1n) is 8.74. The molecule has 0 saturated carbocycles. The predicted molar refractivity (Wildman–Crippen MR) is 94.9 cm³/mol. The fourth-order valence-electron chi connectivity index (χ4n) is 3.71. The van der Waals surface area contributed by atoms with Crippen LogP contribution in [0.25, 0.3) is 0 Å². The number of hydrogen-bond acceptors (Lipinski definition) is 4. The van der Waals surface area contributed by atoms with Gasteiger partial charge in [0, 0.05) is 39.3 Å². The zero-order valence-electron chi connectivity index (χ0n) is 14.0. The molecule has 3 rings (SSSR count). The van der Waals surface area contributed by atoms with Gasteiger partial charge in [-0.3, -0.25) is 14.6 Å². The van der Waals surface area contributed by atoms with E-state index in [9.17, 15) is 9.90 Å². The third-order valence-corrected chi connectivity index (χ3v) is 5.30. The summed E-state index contributed by atoms with van der Waals surface area (Å²) < 4.78 is 0. The topological polar surface area (TPSA) is 47.0 Å². The minimum absolute atomic E-state index is 0.0219. The number of halogens is 1. The number of piperazine rings is 1. The van der Waals surface area contributed by atoms with Gasteiger partial charge in [-0.25, -0.2) is 0 Å². The van der Waals surface area contributed by atoms with Gasteiger partial charge in [-0.1, -0.05) is 30.3 Å². The molecule has 6 heteroatoms. The van der Waals surface area contributed by atoms with Crippen LogP contribution in [-0.4, -0.2) is 77.0 Å². The number of carbonyl (C=O) groups is 1. The highest BCUT2D eigenvalue weighted by atomic mass is 35.5. The first-order chi connectivity index (χ1) is 11.7. The van der Waals surface area contributed by atoms with Crippen molar-refractivity contribution in [3.05, 3.63) is 35.9 Å². The number of piperidine rings is 1. The van der Waals surface area contributed by atoms with Crippen LogP contribution >= 0.6 is 11.6 Å². The van der Waals surface area contributed by atoms with Crippen molar-refractivity contribution in [2.45, 2.75) is 25.1 Å². The van der Waals surface area contributed by atoms with Gasteiger partial charge in [0.25, 0.3) is 0 Å². The van der Waals surface area contributed by atoms with E-state index < -0.39 is 0 Å². The smallest absolute Gasteiger partial charge is 0.237 e. The number of aliphatic hydroxyl groups is 1. The summed E-state index contributed by atoms with van der Waals surface area (Å²) in [5, 5.41) is 9.82. The Balaban J connectivity index is 1.72. The van der Waals surface area contributed by atoms with Gasteiger partial charge in [-0.05, 0) is 18.4 Å². The van der Waals surface area contributed by atoms with Crippen LogP contribution in [0.1, 0.15) is 24.6 Å². The summed E-state index contributed by atoms with van der Waals surface area (Å²) in [6.07, 6.45) is 1.70. The van der Waals surface area contributed by atoms with Crippen molar-refractivity contribution in [3.8, 4) is 0 Å². The molecule has 2 heterocycles. The molecular formula is C18H26ClN3O2. The molecule has 24 heavy (non-hydrogen) atoms. The van der Waals surface area contributed by atoms with E-state index >= 15 is 0 Å². The number of alkyl halides is 1. The molecule has 2 aliphatic heterocycles. The monoisotopic (exact) mass is 351 g/mol. The molecule has 1 atom stereocenters. The van der Waals surface area contributed by atoms with Crippen LogP contribution in [0.15, 0.2) is 30.3 Å². The maximum Gasteiger partial charge on any atom is 0.237 e. The van der Waals surface area contributed by atoms with Crippen LogP contribution in [0, 0.1) is 0 Å². The SMILES string of the molecule is O=C(CCl)N1CCN(C(c2ccccc2)N2CCC(O)CC2)CC1. The van der Waals surface area contributed by atoms with Crippen molar-refractivity contribution in [1.29, 1.82) is 0 Å². The number of aliphatic hydroxyl groups excluding tert-OH is 1. The Morgan fingerprint density at radius 1 is 1.04 bits per heavy atom. The van der Waals surface area contributed by atoms with E-state index in [1.807, 2.05) is 11.0 Å². The summed E-state index contributed by atoms with van der Waals surface area (Å²) in [5.41, 5.74) is 1.28. The molecule has 0 bridgehead atoms. The van der Waals surface area contributed by atoms with Crippen molar-refractivity contribution >= 4 is 17.5 Å². The van der Waals surface area contributed by atoms with Crippen LogP contribution in [0.2, 0.25) is 0 Å². The van der Waals surface area contributed by atoms with Crippen LogP contribution < -0.4 is 0 Å². The Kier molecular flexibility index (Phi) is 6.11. The Morgan fingerprint density at radius 2 is 1.62 bits per heavy atom. The molecule has 1 N–H and O–H groups in total. The Bertz CT molecular complexity index is 526. The lowest BCUT2D eigenvalue weighted by Crippen LogP contribution is -2.54. The van der Waals surface area contributed by atoms with Crippen LogP contribution in [0.5, 0.6) is 0 Å². The summed E-state index contributed by atoms with van der Waals surface area (Å²) in [4.78, 5) is 18.5. The quantitative estimate of drug-likeness (QED) is 0.836. The number of benzene rings is 1. The summed E-state index contributed by atoms with van der Waals surface area (Å²) in [5.74, 6) is 0.0836. The van der Waals surface area contributed by atoms with E-state index in [-0.39, 0.29) is 24.1 Å². The van der Waals surface area contributed by atoms with E-state index in [0.29, 0.717) is 0 Å². The zero-order chi connectivity index (χ0) is 16.9. The molecule has 132 valence electrons. The maximum atomic E-state index is 11.8. The molecule has 1 aromatic rings. The molecule has 1 unspecified atom stereocenters. The highest BCUT2D eigenvalue weighted by molar-refractivity contribution is 6.27. The largest absolute Gasteiger partial charge is 0.393 e. The highest BCUT2D eigenvalue weighted by Gasteiger charge is 2.32. The number of amides is 1. The molecule has 0 aliphatic carbocycles. The minimum Gasteiger partial charge on any atom is -0.393 e. The van der Waals surface area contributed by atoms with E-state index in [2.05, 4.69) is 34.1 Å². The molecule has 2 aliphatic rings. The van der Waals surface area contributed by atoms with Crippen molar-refractivity contribution in [2.75, 3.05) is 45.1 Å². The van der Waals surface area contributed by atoms with Gasteiger partial charge >= 0.3 is 0 Å². The molecule has 1 amide bonds. The Labute approximate surface area is 148 Å². The highest BCUT2D eigenvalue weighted by Crippen LogP contribution is 2.29. The summed E-state index contributed by atoms with van der Waals surface area (Å²) in [6.45, 7) is 4.96. The van der Waals surface area contributed by atoms with Gasteiger partial charge in [0.2, 0.25) is 5.91 Å². The number of hydrogen-bond donors (Lipinski definition) is 1. The van der Waals surface area contributed by atoms with Crippen molar-refractivity contribution in [3.63, 3.8) is 0 Å². The number of carbonyl (C=O) groups excluding carboxylic acids is 1. The van der Waals surface area contributed by atoms with E-state index in [4.69, 9.17) is 11.6 Å². The lowest BCUT2D eigenvalue weighted by molar-refractivity contribution is -0.131. The molecule has 2 saturated heterocycles. The molecule has 5 nitrogen and oxygen atoms in total. The minimum atomic E-state index is -0.170. The third kappa shape index (κ3) is 4.09. The normalized spacial score (nSPS) is 22.5. The van der Waals surface area contributed by atoms with Gasteiger partial charge in [0.15, 0.2) is 0 Å². The molecule has 1 aromatic carbocycles. The number of nitrogens with zero attached hydrogens (tertiary/aromatic N) is 3. The average Bonchev–Trinajstić information content (AvgIpc) is 2.64. The fourth-order valence-corrected chi connectivity index (χ4v) is 3.88. The van der Waals surface area contributed by atoms with Gasteiger partial charge in [-0.2, -0.15) is 0 Å². The second-order valence-corrected chi connectivity index (χ2v) is 6.87. The van der Waals surface area contributed by atoms with E-state index in [1.54, 1.807) is 0 Å². The second kappa shape index (κ2) is 8.30. The average molecular weight is 352 g/mol. The first kappa shape index (κ1) is 17.7. The van der Waals surface area contributed by atoms with Crippen LogP contribution in [0.3, 0.4) is 0 Å². The van der Waals surface area contributed by atoms with Gasteiger partial charge in [-0.15, -0.1) is 11.6 Å². The fraction of sp³-hybridized carbons (Fsp3) is 0.611. The summed E-state index contributed by atoms with van der Waals surface area (Å²) >= 11 is 5.68. The first-order valence-corrected chi connectivity index (χ1v) is 9.27. The molecule has 2 fully saturated rings. The maximum absolute atomic E-state index is 11.8.